The number of rotatable bonds is 3. The number of nitrogens with one attached hydrogen (secondary N) is 1. The number of anilines is 6. The molecule has 3 nitrogen and oxygen atoms in total. The first-order valence-corrected chi connectivity index (χ1v) is 19.0. The lowest BCUT2D eigenvalue weighted by atomic mass is 9.33. The van der Waals surface area contributed by atoms with E-state index >= 15 is 0 Å². The zero-order valence-electron chi connectivity index (χ0n) is 29.4. The van der Waals surface area contributed by atoms with E-state index in [-0.39, 0.29) is 17.5 Å². The number of benzene rings is 4. The van der Waals surface area contributed by atoms with E-state index in [1.54, 1.807) is 5.56 Å². The monoisotopic (exact) mass is 639 g/mol. The summed E-state index contributed by atoms with van der Waals surface area (Å²) in [5, 5.41) is 0. The molecule has 5 aromatic rings. The van der Waals surface area contributed by atoms with Gasteiger partial charge in [0.1, 0.15) is 5.82 Å². The first-order chi connectivity index (χ1) is 23.8. The summed E-state index contributed by atoms with van der Waals surface area (Å²) in [4.78, 5) is 9.43. The number of aromatic nitrogens is 1. The van der Waals surface area contributed by atoms with Crippen LogP contribution >= 0.6 is 0 Å². The Labute approximate surface area is 291 Å². The van der Waals surface area contributed by atoms with Crippen LogP contribution in [0, 0.1) is 24.7 Å². The summed E-state index contributed by atoms with van der Waals surface area (Å²) in [5.41, 5.74) is 18.7. The van der Waals surface area contributed by atoms with E-state index in [9.17, 15) is 0 Å². The summed E-state index contributed by atoms with van der Waals surface area (Å²) in [6.07, 6.45) is 10.8. The Balaban J connectivity index is 1.21. The summed E-state index contributed by atoms with van der Waals surface area (Å²) in [5.74, 6) is 3.98. The van der Waals surface area contributed by atoms with E-state index in [0.29, 0.717) is 0 Å². The molecule has 1 aromatic heterocycles. The van der Waals surface area contributed by atoms with E-state index in [0.717, 1.165) is 24.2 Å². The SMILES string of the molecule is Cc1cc2c3c(c1)N(c1ccccc1)c1c(ccc4c1CC4)B3c1cc(C(C)(C)C)[nH]c1N2c1ccccc1C12CC3CC(CC(C3)C1)C2. The number of hydrogen-bond donors (Lipinski definition) is 1. The van der Waals surface area contributed by atoms with E-state index in [1.165, 1.54) is 118 Å². The second kappa shape index (κ2) is 9.74. The number of para-hydroxylation sites is 2. The number of hydrogen-bond acceptors (Lipinski definition) is 2. The highest BCUT2D eigenvalue weighted by atomic mass is 15.2. The third-order valence-electron chi connectivity index (χ3n) is 13.6. The van der Waals surface area contributed by atoms with Crippen molar-refractivity contribution in [3.8, 4) is 0 Å². The predicted octanol–water partition coefficient (Wildman–Crippen LogP) is 9.27. The lowest BCUT2D eigenvalue weighted by Gasteiger charge is -2.57. The van der Waals surface area contributed by atoms with Crippen LogP contribution in [0.4, 0.5) is 34.3 Å². The highest BCUT2D eigenvalue weighted by Gasteiger charge is 2.53. The molecule has 0 atom stereocenters. The van der Waals surface area contributed by atoms with Crippen molar-refractivity contribution >= 4 is 57.4 Å². The van der Waals surface area contributed by atoms with Crippen molar-refractivity contribution < 1.29 is 0 Å². The van der Waals surface area contributed by atoms with Gasteiger partial charge < -0.3 is 9.88 Å². The molecule has 3 heterocycles. The van der Waals surface area contributed by atoms with E-state index in [2.05, 4.69) is 127 Å². The lowest BCUT2D eigenvalue weighted by Crippen LogP contribution is -2.61. The number of H-pyrrole nitrogens is 1. The Morgan fingerprint density at radius 3 is 2.06 bits per heavy atom. The topological polar surface area (TPSA) is 22.3 Å². The molecule has 0 unspecified atom stereocenters. The summed E-state index contributed by atoms with van der Waals surface area (Å²) in [7, 11) is 0. The molecule has 4 bridgehead atoms. The van der Waals surface area contributed by atoms with Crippen molar-refractivity contribution in [3.63, 3.8) is 0 Å². The highest BCUT2D eigenvalue weighted by Crippen LogP contribution is 2.62. The van der Waals surface area contributed by atoms with Crippen molar-refractivity contribution in [1.82, 2.24) is 4.98 Å². The molecular formula is C45H46BN3. The predicted molar refractivity (Wildman–Crippen MR) is 206 cm³/mol. The van der Waals surface area contributed by atoms with Crippen molar-refractivity contribution in [2.24, 2.45) is 17.8 Å². The van der Waals surface area contributed by atoms with Crippen LogP contribution in [-0.4, -0.2) is 11.7 Å². The van der Waals surface area contributed by atoms with Crippen LogP contribution in [0.2, 0.25) is 0 Å². The smallest absolute Gasteiger partial charge is 0.254 e. The fraction of sp³-hybridized carbons (Fsp3) is 0.378. The summed E-state index contributed by atoms with van der Waals surface area (Å²) < 4.78 is 0. The minimum atomic E-state index is 0.00140. The second-order valence-electron chi connectivity index (χ2n) is 17.7. The van der Waals surface area contributed by atoms with Crippen LogP contribution in [0.3, 0.4) is 0 Å². The molecule has 244 valence electrons. The van der Waals surface area contributed by atoms with Gasteiger partial charge in [-0.3, -0.25) is 4.90 Å². The Morgan fingerprint density at radius 2 is 1.39 bits per heavy atom. The van der Waals surface area contributed by atoms with Gasteiger partial charge in [-0.1, -0.05) is 69.3 Å². The quantitative estimate of drug-likeness (QED) is 0.195. The number of nitrogens with zero attached hydrogens (tertiary/aromatic N) is 2. The molecule has 49 heavy (non-hydrogen) atoms. The van der Waals surface area contributed by atoms with Crippen LogP contribution in [0.15, 0.2) is 84.9 Å². The summed E-state index contributed by atoms with van der Waals surface area (Å²) in [6.45, 7) is 9.55. The van der Waals surface area contributed by atoms with Crippen molar-refractivity contribution in [2.75, 3.05) is 9.80 Å². The maximum atomic E-state index is 4.12. The molecule has 4 heteroatoms. The van der Waals surface area contributed by atoms with Gasteiger partial charge in [-0.25, -0.2) is 0 Å². The van der Waals surface area contributed by atoms with Gasteiger partial charge >= 0.3 is 0 Å². The molecule has 12 rings (SSSR count). The fourth-order valence-electron chi connectivity index (χ4n) is 11.9. The zero-order chi connectivity index (χ0) is 32.8. The molecule has 0 radical (unpaired) electrons. The highest BCUT2D eigenvalue weighted by molar-refractivity contribution is 7.00. The molecule has 5 aliphatic carbocycles. The maximum absolute atomic E-state index is 4.12. The molecule has 7 aliphatic rings. The second-order valence-corrected chi connectivity index (χ2v) is 17.7. The fourth-order valence-corrected chi connectivity index (χ4v) is 11.9. The van der Waals surface area contributed by atoms with Crippen LogP contribution in [0.25, 0.3) is 0 Å². The van der Waals surface area contributed by atoms with Crippen molar-refractivity contribution in [3.05, 3.63) is 113 Å². The molecule has 2 aliphatic heterocycles. The van der Waals surface area contributed by atoms with Crippen molar-refractivity contribution in [1.29, 1.82) is 0 Å². The van der Waals surface area contributed by atoms with Gasteiger partial charge in [-0.2, -0.15) is 0 Å². The molecule has 4 fully saturated rings. The molecule has 4 aromatic carbocycles. The van der Waals surface area contributed by atoms with Gasteiger partial charge in [0.15, 0.2) is 0 Å². The Morgan fingerprint density at radius 1 is 0.714 bits per heavy atom. The number of aryl methyl sites for hydroxylation is 2. The average Bonchev–Trinajstić information content (AvgIpc) is 3.51. The molecule has 0 spiro atoms. The van der Waals surface area contributed by atoms with Crippen LogP contribution in [-0.2, 0) is 23.7 Å². The first-order valence-electron chi connectivity index (χ1n) is 19.0. The van der Waals surface area contributed by atoms with Gasteiger partial charge in [0.25, 0.3) is 6.71 Å². The number of aromatic amines is 1. The third-order valence-corrected chi connectivity index (χ3v) is 13.6. The molecule has 4 saturated carbocycles. The third kappa shape index (κ3) is 3.92. The minimum absolute atomic E-state index is 0.00140. The molecule has 0 amide bonds. The standard InChI is InChI=1S/C45H46BN3/c1-27-18-38-41-39(19-27)49(37-13-9-8-12-34(37)45-24-28-20-29(25-45)22-30(21-28)26-45)43-36(23-40(47-43)44(2,3)4)46(41)35-17-15-31-14-16-33(31)42(35)48(38)32-10-6-5-7-11-32/h5-13,15,17-19,23,28-30,47H,14,16,20-22,24-26H2,1-4H3. The van der Waals surface area contributed by atoms with Gasteiger partial charge in [0.05, 0.1) is 5.69 Å². The van der Waals surface area contributed by atoms with Crippen LogP contribution in [0.5, 0.6) is 0 Å². The van der Waals surface area contributed by atoms with Gasteiger partial charge in [0, 0.05) is 33.9 Å². The van der Waals surface area contributed by atoms with Crippen LogP contribution < -0.4 is 26.2 Å². The first kappa shape index (κ1) is 28.6. The van der Waals surface area contributed by atoms with Gasteiger partial charge in [0.2, 0.25) is 0 Å². The summed E-state index contributed by atoms with van der Waals surface area (Å²) >= 11 is 0. The van der Waals surface area contributed by atoms with E-state index in [1.807, 2.05) is 0 Å². The molecular weight excluding hydrogens is 593 g/mol. The van der Waals surface area contributed by atoms with E-state index in [4.69, 9.17) is 0 Å². The van der Waals surface area contributed by atoms with Gasteiger partial charge in [-0.15, -0.1) is 0 Å². The van der Waals surface area contributed by atoms with Gasteiger partial charge in [-0.05, 0) is 156 Å². The number of fused-ring (bicyclic) bond motifs is 6. The van der Waals surface area contributed by atoms with Crippen molar-refractivity contribution in [2.45, 2.75) is 89.9 Å². The lowest BCUT2D eigenvalue weighted by molar-refractivity contribution is -0.00491. The average molecular weight is 640 g/mol. The zero-order valence-corrected chi connectivity index (χ0v) is 29.4. The molecule has 0 saturated heterocycles. The van der Waals surface area contributed by atoms with E-state index < -0.39 is 0 Å². The Bertz CT molecular complexity index is 2150. The maximum Gasteiger partial charge on any atom is 0.254 e. The Hall–Kier alpha value is -4.18. The normalized spacial score (nSPS) is 25.5. The summed E-state index contributed by atoms with van der Waals surface area (Å²) in [6, 6.07) is 33.2. The Kier molecular flexibility index (Phi) is 5.70. The molecule has 1 N–H and O–H groups in total. The largest absolute Gasteiger partial charge is 0.345 e. The van der Waals surface area contributed by atoms with Crippen LogP contribution in [0.1, 0.15) is 87.2 Å². The minimum Gasteiger partial charge on any atom is -0.345 e.